The highest BCUT2D eigenvalue weighted by molar-refractivity contribution is 7.91. The highest BCUT2D eigenvalue weighted by Gasteiger charge is 2.30. The van der Waals surface area contributed by atoms with Gasteiger partial charge in [-0.1, -0.05) is 18.2 Å². The zero-order valence-electron chi connectivity index (χ0n) is 15.2. The highest BCUT2D eigenvalue weighted by atomic mass is 32.2. The Kier molecular flexibility index (Phi) is 5.00. The van der Waals surface area contributed by atoms with Gasteiger partial charge >= 0.3 is 0 Å². The van der Waals surface area contributed by atoms with E-state index in [2.05, 4.69) is 10.3 Å². The Hall–Kier alpha value is -2.41. The first-order chi connectivity index (χ1) is 12.3. The van der Waals surface area contributed by atoms with Crippen LogP contribution in [0.25, 0.3) is 0 Å². The summed E-state index contributed by atoms with van der Waals surface area (Å²) in [5.41, 5.74) is 3.92. The lowest BCUT2D eigenvalue weighted by Gasteiger charge is -2.25. The molecule has 0 saturated carbocycles. The number of hydrogen-bond acceptors (Lipinski definition) is 5. The van der Waals surface area contributed by atoms with Crippen LogP contribution >= 0.6 is 0 Å². The Balaban J connectivity index is 1.72. The number of nitrogens with one attached hydrogen (secondary N) is 1. The summed E-state index contributed by atoms with van der Waals surface area (Å²) in [7, 11) is -1.08. The molecule has 138 valence electrons. The van der Waals surface area contributed by atoms with Crippen LogP contribution in [-0.4, -0.2) is 43.9 Å². The molecule has 2 aromatic rings. The van der Waals surface area contributed by atoms with Crippen molar-refractivity contribution in [2.75, 3.05) is 28.8 Å². The molecule has 1 atom stereocenters. The van der Waals surface area contributed by atoms with E-state index in [1.165, 1.54) is 0 Å². The summed E-state index contributed by atoms with van der Waals surface area (Å²) in [6.45, 7) is 3.90. The van der Waals surface area contributed by atoms with Gasteiger partial charge in [0.1, 0.15) is 5.69 Å². The Morgan fingerprint density at radius 3 is 2.42 bits per heavy atom. The van der Waals surface area contributed by atoms with Crippen LogP contribution in [0.3, 0.4) is 0 Å². The third kappa shape index (κ3) is 3.88. The van der Waals surface area contributed by atoms with Crippen LogP contribution in [0.5, 0.6) is 0 Å². The van der Waals surface area contributed by atoms with Gasteiger partial charge < -0.3 is 10.2 Å². The van der Waals surface area contributed by atoms with Gasteiger partial charge in [-0.3, -0.25) is 4.79 Å². The van der Waals surface area contributed by atoms with Crippen LogP contribution < -0.4 is 10.2 Å². The second-order valence-electron chi connectivity index (χ2n) is 6.79. The number of benzene rings is 1. The van der Waals surface area contributed by atoms with Crippen molar-refractivity contribution in [2.45, 2.75) is 26.3 Å². The average molecular weight is 373 g/mol. The van der Waals surface area contributed by atoms with Gasteiger partial charge in [0, 0.05) is 18.8 Å². The minimum atomic E-state index is -2.94. The summed E-state index contributed by atoms with van der Waals surface area (Å²) in [5, 5.41) is 2.91. The van der Waals surface area contributed by atoms with Crippen molar-refractivity contribution in [1.29, 1.82) is 0 Å². The minimum absolute atomic E-state index is 0.0453. The number of anilines is 2. The third-order valence-electron chi connectivity index (χ3n) is 4.86. The minimum Gasteiger partial charge on any atom is -0.369 e. The van der Waals surface area contributed by atoms with E-state index in [9.17, 15) is 13.2 Å². The van der Waals surface area contributed by atoms with Crippen LogP contribution in [0.1, 0.15) is 28.0 Å². The molecule has 6 nitrogen and oxygen atoms in total. The van der Waals surface area contributed by atoms with Crippen molar-refractivity contribution in [3.05, 3.63) is 53.3 Å². The molecular formula is C19H23N3O3S. The van der Waals surface area contributed by atoms with Crippen molar-refractivity contribution < 1.29 is 13.2 Å². The van der Waals surface area contributed by atoms with Gasteiger partial charge in [0.25, 0.3) is 5.91 Å². The first-order valence-corrected chi connectivity index (χ1v) is 10.4. The van der Waals surface area contributed by atoms with Gasteiger partial charge in [-0.05, 0) is 43.5 Å². The summed E-state index contributed by atoms with van der Waals surface area (Å²) in [6, 6.07) is 9.27. The number of amides is 1. The number of rotatable bonds is 4. The van der Waals surface area contributed by atoms with Crippen molar-refractivity contribution in [2.24, 2.45) is 0 Å². The molecule has 3 rings (SSSR count). The van der Waals surface area contributed by atoms with E-state index in [1.54, 1.807) is 18.3 Å². The van der Waals surface area contributed by atoms with Gasteiger partial charge in [-0.15, -0.1) is 0 Å². The standard InChI is InChI=1S/C19H23N3O3S/c1-13-5-4-6-14(2)18(13)21-19(23)17-8-7-15(11-20-17)22(3)16-9-10-26(24,25)12-16/h4-8,11,16H,9-10,12H2,1-3H3,(H,21,23). The van der Waals surface area contributed by atoms with Gasteiger partial charge in [0.2, 0.25) is 0 Å². The van der Waals surface area contributed by atoms with Crippen molar-refractivity contribution in [1.82, 2.24) is 4.98 Å². The van der Waals surface area contributed by atoms with Crippen LogP contribution in [-0.2, 0) is 9.84 Å². The molecule has 1 aromatic heterocycles. The largest absolute Gasteiger partial charge is 0.369 e. The van der Waals surface area contributed by atoms with Crippen molar-refractivity contribution >= 4 is 27.1 Å². The predicted molar refractivity (Wildman–Crippen MR) is 104 cm³/mol. The lowest BCUT2D eigenvalue weighted by atomic mass is 10.1. The molecule has 0 spiro atoms. The maximum Gasteiger partial charge on any atom is 0.274 e. The zero-order chi connectivity index (χ0) is 18.9. The quantitative estimate of drug-likeness (QED) is 0.891. The summed E-state index contributed by atoms with van der Waals surface area (Å²) in [4.78, 5) is 18.7. The van der Waals surface area contributed by atoms with E-state index in [1.807, 2.05) is 44.0 Å². The normalized spacial score (nSPS) is 18.5. The van der Waals surface area contributed by atoms with Gasteiger partial charge in [0.05, 0.1) is 23.4 Å². The van der Waals surface area contributed by atoms with Crippen molar-refractivity contribution in [3.8, 4) is 0 Å². The van der Waals surface area contributed by atoms with Gasteiger partial charge in [-0.2, -0.15) is 0 Å². The molecule has 2 heterocycles. The number of carbonyl (C=O) groups excluding carboxylic acids is 1. The van der Waals surface area contributed by atoms with E-state index in [0.717, 1.165) is 22.5 Å². The molecule has 1 N–H and O–H groups in total. The Morgan fingerprint density at radius 2 is 1.88 bits per heavy atom. The maximum absolute atomic E-state index is 12.5. The zero-order valence-corrected chi connectivity index (χ0v) is 16.0. The Bertz CT molecular complexity index is 903. The van der Waals surface area contributed by atoms with Gasteiger partial charge in [-0.25, -0.2) is 13.4 Å². The number of sulfone groups is 1. The topological polar surface area (TPSA) is 79.4 Å². The number of carbonyl (C=O) groups is 1. The molecule has 1 saturated heterocycles. The number of hydrogen-bond donors (Lipinski definition) is 1. The fourth-order valence-corrected chi connectivity index (χ4v) is 4.98. The maximum atomic E-state index is 12.5. The fraction of sp³-hybridized carbons (Fsp3) is 0.368. The van der Waals surface area contributed by atoms with Crippen LogP contribution in [0.4, 0.5) is 11.4 Å². The Morgan fingerprint density at radius 1 is 1.19 bits per heavy atom. The molecule has 0 bridgehead atoms. The molecular weight excluding hydrogens is 350 g/mol. The van der Waals surface area contributed by atoms with E-state index < -0.39 is 9.84 Å². The SMILES string of the molecule is Cc1cccc(C)c1NC(=O)c1ccc(N(C)C2CCS(=O)(=O)C2)cn1. The lowest BCUT2D eigenvalue weighted by Crippen LogP contribution is -2.32. The molecule has 0 radical (unpaired) electrons. The number of aromatic nitrogens is 1. The molecule has 1 aliphatic rings. The molecule has 26 heavy (non-hydrogen) atoms. The number of para-hydroxylation sites is 1. The summed E-state index contributed by atoms with van der Waals surface area (Å²) in [6.07, 6.45) is 2.23. The third-order valence-corrected chi connectivity index (χ3v) is 6.61. The summed E-state index contributed by atoms with van der Waals surface area (Å²) >= 11 is 0. The second-order valence-corrected chi connectivity index (χ2v) is 9.02. The molecule has 1 unspecified atom stereocenters. The molecule has 1 aliphatic heterocycles. The van der Waals surface area contributed by atoms with Crippen LogP contribution in [0.15, 0.2) is 36.5 Å². The Labute approximate surface area is 154 Å². The molecule has 1 aromatic carbocycles. The first kappa shape index (κ1) is 18.4. The van der Waals surface area contributed by atoms with E-state index in [-0.39, 0.29) is 23.5 Å². The molecule has 1 fully saturated rings. The van der Waals surface area contributed by atoms with E-state index >= 15 is 0 Å². The van der Waals surface area contributed by atoms with Crippen LogP contribution in [0, 0.1) is 13.8 Å². The predicted octanol–water partition coefficient (Wildman–Crippen LogP) is 2.57. The monoisotopic (exact) mass is 373 g/mol. The summed E-state index contributed by atoms with van der Waals surface area (Å²) < 4.78 is 23.3. The second kappa shape index (κ2) is 7.07. The molecule has 0 aliphatic carbocycles. The lowest BCUT2D eigenvalue weighted by molar-refractivity contribution is 0.102. The number of pyridine rings is 1. The smallest absolute Gasteiger partial charge is 0.274 e. The number of aryl methyl sites for hydroxylation is 2. The molecule has 1 amide bonds. The highest BCUT2D eigenvalue weighted by Crippen LogP contribution is 2.23. The first-order valence-electron chi connectivity index (χ1n) is 8.54. The van der Waals surface area contributed by atoms with E-state index in [0.29, 0.717) is 12.1 Å². The average Bonchev–Trinajstić information content (AvgIpc) is 2.97. The van der Waals surface area contributed by atoms with Gasteiger partial charge in [0.15, 0.2) is 9.84 Å². The van der Waals surface area contributed by atoms with Crippen molar-refractivity contribution in [3.63, 3.8) is 0 Å². The van der Waals surface area contributed by atoms with E-state index in [4.69, 9.17) is 0 Å². The van der Waals surface area contributed by atoms with Crippen LogP contribution in [0.2, 0.25) is 0 Å². The molecule has 7 heteroatoms. The number of nitrogens with zero attached hydrogens (tertiary/aromatic N) is 2. The fourth-order valence-electron chi connectivity index (χ4n) is 3.21. The summed E-state index contributed by atoms with van der Waals surface area (Å²) in [5.74, 6) is 0.129.